The van der Waals surface area contributed by atoms with Gasteiger partial charge in [-0.3, -0.25) is 9.59 Å². The lowest BCUT2D eigenvalue weighted by molar-refractivity contribution is -0.140. The van der Waals surface area contributed by atoms with E-state index >= 15 is 0 Å². The summed E-state index contributed by atoms with van der Waals surface area (Å²) in [7, 11) is 1.54. The number of hydrogen-bond acceptors (Lipinski definition) is 7. The maximum absolute atomic E-state index is 13.4. The molecule has 0 bridgehead atoms. The van der Waals surface area contributed by atoms with Crippen LogP contribution in [0.3, 0.4) is 0 Å². The molecule has 2 aliphatic rings. The first-order valence-electron chi connectivity index (χ1n) is 12.8. The molecular formula is C30H31NO7. The molecule has 1 saturated heterocycles. The first-order valence-corrected chi connectivity index (χ1v) is 12.8. The minimum atomic E-state index is -0.859. The first kappa shape index (κ1) is 25.4. The molecule has 2 aliphatic heterocycles. The van der Waals surface area contributed by atoms with E-state index in [9.17, 15) is 14.7 Å². The van der Waals surface area contributed by atoms with Crippen molar-refractivity contribution in [2.75, 3.05) is 13.7 Å². The maximum Gasteiger partial charge on any atom is 0.296 e. The molecule has 3 aromatic rings. The number of ether oxygens (including phenoxy) is 3. The highest BCUT2D eigenvalue weighted by molar-refractivity contribution is 6.46. The minimum Gasteiger partial charge on any atom is -0.507 e. The second-order valence-corrected chi connectivity index (χ2v) is 9.57. The van der Waals surface area contributed by atoms with Crippen LogP contribution in [-0.4, -0.2) is 41.5 Å². The lowest BCUT2D eigenvalue weighted by Gasteiger charge is -2.25. The molecule has 198 valence electrons. The number of Topliss-reactive ketones (excluding diaryl/α,β-unsaturated/α-hetero) is 1. The van der Waals surface area contributed by atoms with Crippen LogP contribution in [0.25, 0.3) is 5.76 Å². The zero-order valence-corrected chi connectivity index (χ0v) is 21.7. The number of aliphatic hydroxyl groups is 1. The summed E-state index contributed by atoms with van der Waals surface area (Å²) in [6.45, 7) is 4.67. The number of aliphatic hydroxyl groups excluding tert-OH is 1. The summed E-state index contributed by atoms with van der Waals surface area (Å²) in [6, 6.07) is 13.2. The first-order chi connectivity index (χ1) is 18.4. The molecule has 1 aromatic heterocycles. The highest BCUT2D eigenvalue weighted by Crippen LogP contribution is 2.43. The Morgan fingerprint density at radius 2 is 1.97 bits per heavy atom. The van der Waals surface area contributed by atoms with Crippen molar-refractivity contribution in [2.45, 2.75) is 51.8 Å². The van der Waals surface area contributed by atoms with Crippen LogP contribution in [0.1, 0.15) is 55.2 Å². The van der Waals surface area contributed by atoms with E-state index < -0.39 is 17.7 Å². The molecular weight excluding hydrogens is 486 g/mol. The zero-order valence-electron chi connectivity index (χ0n) is 21.7. The number of hydrogen-bond donors (Lipinski definition) is 1. The lowest BCUT2D eigenvalue weighted by atomic mass is 9.94. The number of carbonyl (C=O) groups excluding carboxylic acids is 2. The van der Waals surface area contributed by atoms with Crippen LogP contribution in [0.5, 0.6) is 17.2 Å². The largest absolute Gasteiger partial charge is 0.507 e. The summed E-state index contributed by atoms with van der Waals surface area (Å²) >= 11 is 0. The van der Waals surface area contributed by atoms with Gasteiger partial charge in [-0.05, 0) is 66.9 Å². The Hall–Kier alpha value is -4.20. The van der Waals surface area contributed by atoms with Crippen molar-refractivity contribution in [3.8, 4) is 17.2 Å². The van der Waals surface area contributed by atoms with Crippen LogP contribution in [0.15, 0.2) is 64.8 Å². The number of amides is 1. The van der Waals surface area contributed by atoms with Crippen LogP contribution in [-0.2, 0) is 22.6 Å². The molecule has 5 rings (SSSR count). The average Bonchev–Trinajstić information content (AvgIpc) is 3.63. The Morgan fingerprint density at radius 1 is 1.13 bits per heavy atom. The lowest BCUT2D eigenvalue weighted by Crippen LogP contribution is -2.29. The molecule has 8 heteroatoms. The topological polar surface area (TPSA) is 98.4 Å². The van der Waals surface area contributed by atoms with Crippen LogP contribution < -0.4 is 14.2 Å². The molecule has 0 saturated carbocycles. The molecule has 38 heavy (non-hydrogen) atoms. The molecule has 8 nitrogen and oxygen atoms in total. The average molecular weight is 518 g/mol. The molecule has 2 atom stereocenters. The van der Waals surface area contributed by atoms with Gasteiger partial charge in [-0.15, -0.1) is 0 Å². The summed E-state index contributed by atoms with van der Waals surface area (Å²) in [5.74, 6) is 0.616. The van der Waals surface area contributed by atoms with Crippen molar-refractivity contribution < 1.29 is 33.3 Å². The van der Waals surface area contributed by atoms with E-state index in [1.165, 1.54) is 11.2 Å². The van der Waals surface area contributed by atoms with Gasteiger partial charge in [0.25, 0.3) is 11.7 Å². The van der Waals surface area contributed by atoms with Crippen molar-refractivity contribution in [1.82, 2.24) is 4.90 Å². The quantitative estimate of drug-likeness (QED) is 0.175. The number of nitrogens with zero attached hydrogens (tertiary/aromatic N) is 1. The number of carbonyl (C=O) groups is 2. The number of likely N-dealkylation sites (tertiary alicyclic amines) is 1. The van der Waals surface area contributed by atoms with Gasteiger partial charge in [0.05, 0.1) is 38.1 Å². The number of ketones is 1. The van der Waals surface area contributed by atoms with E-state index in [1.807, 2.05) is 13.0 Å². The Labute approximate surface area is 221 Å². The summed E-state index contributed by atoms with van der Waals surface area (Å²) in [6.07, 6.45) is 4.14. The van der Waals surface area contributed by atoms with E-state index in [4.69, 9.17) is 18.6 Å². The van der Waals surface area contributed by atoms with Crippen LogP contribution in [0.2, 0.25) is 0 Å². The predicted molar refractivity (Wildman–Crippen MR) is 140 cm³/mol. The number of unbranched alkanes of at least 4 members (excludes halogenated alkanes) is 1. The normalized spacial score (nSPS) is 19.9. The molecule has 0 spiro atoms. The van der Waals surface area contributed by atoms with E-state index in [2.05, 4.69) is 6.92 Å². The molecule has 1 fully saturated rings. The fourth-order valence-electron chi connectivity index (χ4n) is 4.98. The third-order valence-corrected chi connectivity index (χ3v) is 6.87. The van der Waals surface area contributed by atoms with Gasteiger partial charge in [0.1, 0.15) is 23.4 Å². The van der Waals surface area contributed by atoms with Gasteiger partial charge >= 0.3 is 0 Å². The van der Waals surface area contributed by atoms with Gasteiger partial charge < -0.3 is 28.6 Å². The minimum absolute atomic E-state index is 0.00942. The van der Waals surface area contributed by atoms with Crippen LogP contribution in [0.4, 0.5) is 0 Å². The monoisotopic (exact) mass is 517 g/mol. The number of fused-ring (bicyclic) bond motifs is 1. The van der Waals surface area contributed by atoms with Crippen molar-refractivity contribution in [1.29, 1.82) is 0 Å². The van der Waals surface area contributed by atoms with Gasteiger partial charge in [-0.1, -0.05) is 19.4 Å². The smallest absolute Gasteiger partial charge is 0.296 e. The van der Waals surface area contributed by atoms with Gasteiger partial charge in [-0.2, -0.15) is 0 Å². The van der Waals surface area contributed by atoms with Crippen LogP contribution in [0, 0.1) is 0 Å². The van der Waals surface area contributed by atoms with Crippen molar-refractivity contribution in [2.24, 2.45) is 0 Å². The standard InChI is InChI=1S/C30H31NO7/c1-4-5-12-37-24-11-8-19(16-25(24)35-3)27-26(29(33)30(34)31(27)17-22-7-6-13-36-22)28(32)20-9-10-23-21(15-20)14-18(2)38-23/h6-11,13,15-16,18,27,32H,4-5,12,14,17H2,1-3H3/t18-,27+/m0/s1. The maximum atomic E-state index is 13.4. The van der Waals surface area contributed by atoms with Crippen LogP contribution >= 0.6 is 0 Å². The predicted octanol–water partition coefficient (Wildman–Crippen LogP) is 5.41. The van der Waals surface area contributed by atoms with Crippen molar-refractivity contribution in [3.05, 3.63) is 82.8 Å². The van der Waals surface area contributed by atoms with Crippen molar-refractivity contribution >= 4 is 17.4 Å². The molecule has 0 radical (unpaired) electrons. The van der Waals surface area contributed by atoms with Gasteiger partial charge in [-0.25, -0.2) is 0 Å². The second-order valence-electron chi connectivity index (χ2n) is 9.57. The second kappa shape index (κ2) is 10.7. The fraction of sp³-hybridized carbons (Fsp3) is 0.333. The number of rotatable bonds is 9. The Balaban J connectivity index is 1.60. The van der Waals surface area contributed by atoms with Gasteiger partial charge in [0.2, 0.25) is 0 Å². The Bertz CT molecular complexity index is 1380. The summed E-state index contributed by atoms with van der Waals surface area (Å²) in [5, 5.41) is 11.5. The molecule has 2 aromatic carbocycles. The highest BCUT2D eigenvalue weighted by Gasteiger charge is 2.46. The Morgan fingerprint density at radius 3 is 2.71 bits per heavy atom. The third-order valence-electron chi connectivity index (χ3n) is 6.87. The van der Waals surface area contributed by atoms with Gasteiger partial charge in [0.15, 0.2) is 11.5 Å². The fourth-order valence-corrected chi connectivity index (χ4v) is 4.98. The van der Waals surface area contributed by atoms with E-state index in [0.29, 0.717) is 41.4 Å². The SMILES string of the molecule is CCCCOc1ccc([C@@H]2C(=C(O)c3ccc4c(c3)C[C@H](C)O4)C(=O)C(=O)N2Cc2ccco2)cc1OC. The molecule has 1 N–H and O–H groups in total. The number of methoxy groups -OCH3 is 1. The summed E-state index contributed by atoms with van der Waals surface area (Å²) < 4.78 is 22.7. The molecule has 0 unspecified atom stereocenters. The van der Waals surface area contributed by atoms with E-state index in [-0.39, 0.29) is 24.0 Å². The van der Waals surface area contributed by atoms with E-state index in [0.717, 1.165) is 24.2 Å². The number of benzene rings is 2. The Kier molecular flexibility index (Phi) is 7.13. The number of furan rings is 1. The van der Waals surface area contributed by atoms with Crippen molar-refractivity contribution in [3.63, 3.8) is 0 Å². The zero-order chi connectivity index (χ0) is 26.8. The summed E-state index contributed by atoms with van der Waals surface area (Å²) in [4.78, 5) is 28.1. The highest BCUT2D eigenvalue weighted by atomic mass is 16.5. The molecule has 0 aliphatic carbocycles. The molecule has 3 heterocycles. The third kappa shape index (κ3) is 4.74. The summed E-state index contributed by atoms with van der Waals surface area (Å²) in [5.41, 5.74) is 2.01. The van der Waals surface area contributed by atoms with Gasteiger partial charge in [0, 0.05) is 12.0 Å². The molecule has 1 amide bonds. The van der Waals surface area contributed by atoms with E-state index in [1.54, 1.807) is 49.6 Å².